The number of aromatic nitrogens is 1. The molecule has 0 atom stereocenters. The molecule has 0 spiro atoms. The highest BCUT2D eigenvalue weighted by molar-refractivity contribution is 7.21. The molecule has 0 aliphatic heterocycles. The quantitative estimate of drug-likeness (QED) is 0.153. The molecule has 0 amide bonds. The number of hydrogen-bond donors (Lipinski definition) is 0. The SMILES string of the molecule is CC1(C)c2ccccc2-c2cc3c(-c4ccccc4-c4ccccc4)c4ccc(-c5ccc(-c6nc7ccccc7s6)cc5)cc4c(-c4ccccc4-c4ccccc4)c3cc21. The normalized spacial score (nSPS) is 12.8. The zero-order chi connectivity index (χ0) is 41.4. The first kappa shape index (κ1) is 36.5. The van der Waals surface area contributed by atoms with Gasteiger partial charge in [-0.2, -0.15) is 0 Å². The second-order valence-electron chi connectivity index (χ2n) is 17.0. The Morgan fingerprint density at radius 2 is 0.839 bits per heavy atom. The van der Waals surface area contributed by atoms with Gasteiger partial charge in [-0.25, -0.2) is 4.98 Å². The lowest BCUT2D eigenvalue weighted by atomic mass is 9.78. The molecule has 10 aromatic carbocycles. The summed E-state index contributed by atoms with van der Waals surface area (Å²) in [5.41, 5.74) is 19.6. The maximum absolute atomic E-state index is 4.97. The summed E-state index contributed by atoms with van der Waals surface area (Å²) < 4.78 is 1.21. The van der Waals surface area contributed by atoms with E-state index in [0.29, 0.717) is 0 Å². The van der Waals surface area contributed by atoms with Crippen molar-refractivity contribution in [2.45, 2.75) is 19.3 Å². The lowest BCUT2D eigenvalue weighted by Gasteiger charge is -2.25. The Labute approximate surface area is 366 Å². The van der Waals surface area contributed by atoms with Gasteiger partial charge in [-0.1, -0.05) is 196 Å². The van der Waals surface area contributed by atoms with E-state index in [4.69, 9.17) is 4.98 Å². The van der Waals surface area contributed by atoms with Gasteiger partial charge in [-0.15, -0.1) is 11.3 Å². The van der Waals surface area contributed by atoms with Crippen LogP contribution in [0.2, 0.25) is 0 Å². The fourth-order valence-electron chi connectivity index (χ4n) is 10.1. The summed E-state index contributed by atoms with van der Waals surface area (Å²) in [7, 11) is 0. The minimum absolute atomic E-state index is 0.166. The van der Waals surface area contributed by atoms with Crippen molar-refractivity contribution in [1.82, 2.24) is 4.98 Å². The number of para-hydroxylation sites is 1. The standard InChI is InChI=1S/C60H41NS/c1-60(2)53-26-14-13-23-45(53)49-36-51-52(37-54(49)60)58(47-25-12-10-22-44(47)40-19-7-4-8-20-40)50-35-42(38-29-31-41(32-30-38)59-61-55-27-15-16-28-56(55)62-59)33-34-48(50)57(51)46-24-11-9-21-43(46)39-17-5-3-6-18-39/h3-37H,1-2H3. The average Bonchev–Trinajstić information content (AvgIpc) is 3.87. The van der Waals surface area contributed by atoms with Crippen LogP contribution in [0.15, 0.2) is 212 Å². The van der Waals surface area contributed by atoms with Crippen LogP contribution in [0.1, 0.15) is 25.0 Å². The lowest BCUT2D eigenvalue weighted by Crippen LogP contribution is -2.14. The minimum atomic E-state index is -0.166. The van der Waals surface area contributed by atoms with Crippen LogP contribution in [0.5, 0.6) is 0 Å². The topological polar surface area (TPSA) is 12.9 Å². The van der Waals surface area contributed by atoms with Crippen LogP contribution < -0.4 is 0 Å². The predicted octanol–water partition coefficient (Wildman–Crippen LogP) is 16.9. The Balaban J connectivity index is 1.19. The molecule has 62 heavy (non-hydrogen) atoms. The molecule has 0 fully saturated rings. The van der Waals surface area contributed by atoms with Crippen LogP contribution in [0.4, 0.5) is 0 Å². The summed E-state index contributed by atoms with van der Waals surface area (Å²) in [5.74, 6) is 0. The fourth-order valence-corrected chi connectivity index (χ4v) is 11.1. The van der Waals surface area contributed by atoms with E-state index in [0.717, 1.165) is 16.1 Å². The molecule has 12 rings (SSSR count). The van der Waals surface area contributed by atoms with E-state index in [2.05, 4.69) is 226 Å². The molecule has 1 aromatic heterocycles. The van der Waals surface area contributed by atoms with Gasteiger partial charge in [0.05, 0.1) is 10.2 Å². The molecule has 0 radical (unpaired) electrons. The molecule has 0 N–H and O–H groups in total. The third kappa shape index (κ3) is 5.79. The summed E-state index contributed by atoms with van der Waals surface area (Å²) in [4.78, 5) is 4.97. The van der Waals surface area contributed by atoms with E-state index in [1.165, 1.54) is 104 Å². The molecule has 0 saturated carbocycles. The Hall–Kier alpha value is -7.39. The minimum Gasteiger partial charge on any atom is -0.236 e. The van der Waals surface area contributed by atoms with Gasteiger partial charge in [-0.3, -0.25) is 0 Å². The first-order chi connectivity index (χ1) is 30.5. The molecule has 292 valence electrons. The predicted molar refractivity (Wildman–Crippen MR) is 265 cm³/mol. The van der Waals surface area contributed by atoms with E-state index >= 15 is 0 Å². The van der Waals surface area contributed by atoms with Crippen molar-refractivity contribution in [3.8, 4) is 77.3 Å². The van der Waals surface area contributed by atoms with Gasteiger partial charge < -0.3 is 0 Å². The van der Waals surface area contributed by atoms with E-state index in [-0.39, 0.29) is 5.41 Å². The summed E-state index contributed by atoms with van der Waals surface area (Å²) in [6.45, 7) is 4.79. The maximum Gasteiger partial charge on any atom is 0.124 e. The monoisotopic (exact) mass is 807 g/mol. The number of hydrogen-bond acceptors (Lipinski definition) is 2. The van der Waals surface area contributed by atoms with Crippen LogP contribution in [0.25, 0.3) is 109 Å². The summed E-state index contributed by atoms with van der Waals surface area (Å²) >= 11 is 1.75. The first-order valence-electron chi connectivity index (χ1n) is 21.5. The Kier molecular flexibility index (Phi) is 8.45. The highest BCUT2D eigenvalue weighted by Gasteiger charge is 2.36. The van der Waals surface area contributed by atoms with Crippen molar-refractivity contribution in [2.24, 2.45) is 0 Å². The Morgan fingerprint density at radius 3 is 1.50 bits per heavy atom. The smallest absolute Gasteiger partial charge is 0.124 e. The lowest BCUT2D eigenvalue weighted by molar-refractivity contribution is 0.661. The molecule has 1 aliphatic carbocycles. The molecule has 1 aliphatic rings. The zero-order valence-corrected chi connectivity index (χ0v) is 35.4. The largest absolute Gasteiger partial charge is 0.236 e. The Morgan fingerprint density at radius 1 is 0.339 bits per heavy atom. The summed E-state index contributed by atoms with van der Waals surface area (Å²) in [6.07, 6.45) is 0. The molecule has 2 heteroatoms. The second kappa shape index (κ2) is 14.4. The van der Waals surface area contributed by atoms with Crippen molar-refractivity contribution in [1.29, 1.82) is 0 Å². The number of thiazole rings is 1. The molecule has 0 bridgehead atoms. The van der Waals surface area contributed by atoms with Gasteiger partial charge in [0.15, 0.2) is 0 Å². The van der Waals surface area contributed by atoms with Gasteiger partial charge in [0.2, 0.25) is 0 Å². The molecule has 1 nitrogen and oxygen atoms in total. The van der Waals surface area contributed by atoms with Gasteiger partial charge in [0.1, 0.15) is 5.01 Å². The van der Waals surface area contributed by atoms with Gasteiger partial charge in [0, 0.05) is 11.0 Å². The Bertz CT molecular complexity index is 3490. The van der Waals surface area contributed by atoms with Crippen molar-refractivity contribution < 1.29 is 0 Å². The molecular weight excluding hydrogens is 767 g/mol. The summed E-state index contributed by atoms with van der Waals surface area (Å²) in [5, 5.41) is 6.04. The second-order valence-corrected chi connectivity index (χ2v) is 18.0. The first-order valence-corrected chi connectivity index (χ1v) is 22.3. The van der Waals surface area contributed by atoms with Crippen molar-refractivity contribution in [3.63, 3.8) is 0 Å². The molecule has 1 heterocycles. The van der Waals surface area contributed by atoms with Gasteiger partial charge in [0.25, 0.3) is 0 Å². The third-order valence-electron chi connectivity index (χ3n) is 13.1. The van der Waals surface area contributed by atoms with Crippen LogP contribution in [-0.2, 0) is 5.41 Å². The number of nitrogens with zero attached hydrogens (tertiary/aromatic N) is 1. The highest BCUT2D eigenvalue weighted by atomic mass is 32.1. The zero-order valence-electron chi connectivity index (χ0n) is 34.6. The number of benzene rings is 10. The van der Waals surface area contributed by atoms with Crippen molar-refractivity contribution >= 4 is 43.1 Å². The molecule has 0 unspecified atom stereocenters. The fraction of sp³-hybridized carbons (Fsp3) is 0.0500. The maximum atomic E-state index is 4.97. The molecule has 11 aromatic rings. The summed E-state index contributed by atoms with van der Waals surface area (Å²) in [6, 6.07) is 78.4. The van der Waals surface area contributed by atoms with E-state index in [9.17, 15) is 0 Å². The number of fused-ring (bicyclic) bond motifs is 6. The van der Waals surface area contributed by atoms with Crippen LogP contribution in [0, 0.1) is 0 Å². The van der Waals surface area contributed by atoms with Crippen LogP contribution >= 0.6 is 11.3 Å². The van der Waals surface area contributed by atoms with Crippen LogP contribution in [0.3, 0.4) is 0 Å². The van der Waals surface area contributed by atoms with E-state index in [1.54, 1.807) is 11.3 Å². The van der Waals surface area contributed by atoms with Gasteiger partial charge >= 0.3 is 0 Å². The average molecular weight is 808 g/mol. The van der Waals surface area contributed by atoms with Crippen molar-refractivity contribution in [3.05, 3.63) is 223 Å². The van der Waals surface area contributed by atoms with Gasteiger partial charge in [-0.05, 0) is 130 Å². The molecular formula is C60H41NS. The number of rotatable bonds is 6. The van der Waals surface area contributed by atoms with E-state index < -0.39 is 0 Å². The highest BCUT2D eigenvalue weighted by Crippen LogP contribution is 2.55. The van der Waals surface area contributed by atoms with Crippen LogP contribution in [-0.4, -0.2) is 4.98 Å². The van der Waals surface area contributed by atoms with E-state index in [1.807, 2.05) is 0 Å². The van der Waals surface area contributed by atoms with Crippen molar-refractivity contribution in [2.75, 3.05) is 0 Å². The molecule has 0 saturated heterocycles. The third-order valence-corrected chi connectivity index (χ3v) is 14.2.